The standard InChI is InChI=1S/C17H16ClN3O2S2/c18-12-1-3-13(4-2-12)24-10-7-19-15(22)5-8-21-11-20-16-14(17(21)23)6-9-25-16/h1-4,6,9,11H,5,7-8,10H2,(H,19,22). The number of nitrogens with one attached hydrogen (secondary N) is 1. The van der Waals surface area contributed by atoms with Crippen LogP contribution < -0.4 is 10.9 Å². The summed E-state index contributed by atoms with van der Waals surface area (Å²) in [6, 6.07) is 9.36. The second-order valence-electron chi connectivity index (χ2n) is 5.28. The van der Waals surface area contributed by atoms with Gasteiger partial charge in [0.15, 0.2) is 0 Å². The number of rotatable bonds is 7. The molecule has 0 saturated heterocycles. The van der Waals surface area contributed by atoms with Crippen LogP contribution in [0.15, 0.2) is 51.7 Å². The Morgan fingerprint density at radius 1 is 1.28 bits per heavy atom. The first-order valence-corrected chi connectivity index (χ1v) is 9.95. The van der Waals surface area contributed by atoms with Gasteiger partial charge in [-0.1, -0.05) is 11.6 Å². The molecule has 5 nitrogen and oxygen atoms in total. The van der Waals surface area contributed by atoms with Crippen molar-refractivity contribution >= 4 is 50.8 Å². The van der Waals surface area contributed by atoms with Crippen molar-refractivity contribution in [2.75, 3.05) is 12.3 Å². The van der Waals surface area contributed by atoms with E-state index in [2.05, 4.69) is 10.3 Å². The number of thiophene rings is 1. The Morgan fingerprint density at radius 3 is 2.88 bits per heavy atom. The van der Waals surface area contributed by atoms with E-state index in [9.17, 15) is 9.59 Å². The molecule has 3 aromatic rings. The zero-order valence-electron chi connectivity index (χ0n) is 13.3. The van der Waals surface area contributed by atoms with Crippen molar-refractivity contribution < 1.29 is 4.79 Å². The van der Waals surface area contributed by atoms with E-state index in [-0.39, 0.29) is 17.9 Å². The van der Waals surface area contributed by atoms with Crippen LogP contribution in [0.5, 0.6) is 0 Å². The third-order valence-electron chi connectivity index (χ3n) is 3.54. The predicted molar refractivity (Wildman–Crippen MR) is 104 cm³/mol. The topological polar surface area (TPSA) is 64.0 Å². The number of hydrogen-bond acceptors (Lipinski definition) is 5. The predicted octanol–water partition coefficient (Wildman–Crippen LogP) is 3.41. The Kier molecular flexibility index (Phi) is 6.12. The first-order valence-electron chi connectivity index (χ1n) is 7.71. The van der Waals surface area contributed by atoms with Crippen molar-refractivity contribution in [1.82, 2.24) is 14.9 Å². The lowest BCUT2D eigenvalue weighted by atomic mass is 10.3. The number of hydrogen-bond donors (Lipinski definition) is 1. The third-order valence-corrected chi connectivity index (χ3v) is 5.62. The van der Waals surface area contributed by atoms with Crippen LogP contribution in [-0.2, 0) is 11.3 Å². The van der Waals surface area contributed by atoms with Crippen LogP contribution >= 0.6 is 34.7 Å². The number of aryl methyl sites for hydroxylation is 1. The van der Waals surface area contributed by atoms with Gasteiger partial charge >= 0.3 is 0 Å². The summed E-state index contributed by atoms with van der Waals surface area (Å²) in [5, 5.41) is 6.02. The third kappa shape index (κ3) is 4.84. The fraction of sp³-hybridized carbons (Fsp3) is 0.235. The van der Waals surface area contributed by atoms with Gasteiger partial charge in [-0.3, -0.25) is 14.2 Å². The van der Waals surface area contributed by atoms with Crippen molar-refractivity contribution in [3.63, 3.8) is 0 Å². The minimum absolute atomic E-state index is 0.0750. The van der Waals surface area contributed by atoms with E-state index in [0.717, 1.165) is 15.5 Å². The molecule has 0 bridgehead atoms. The van der Waals surface area contributed by atoms with Gasteiger partial charge in [-0.05, 0) is 35.7 Å². The number of benzene rings is 1. The lowest BCUT2D eigenvalue weighted by Crippen LogP contribution is -2.28. The molecule has 1 N–H and O–H groups in total. The lowest BCUT2D eigenvalue weighted by molar-refractivity contribution is -0.121. The normalized spacial score (nSPS) is 10.9. The Morgan fingerprint density at radius 2 is 2.08 bits per heavy atom. The highest BCUT2D eigenvalue weighted by Gasteiger charge is 2.07. The molecule has 2 heterocycles. The summed E-state index contributed by atoms with van der Waals surface area (Å²) in [6.07, 6.45) is 1.76. The monoisotopic (exact) mass is 393 g/mol. The van der Waals surface area contributed by atoms with Gasteiger partial charge in [-0.25, -0.2) is 4.98 Å². The maximum absolute atomic E-state index is 12.2. The Bertz CT molecular complexity index is 922. The zero-order valence-corrected chi connectivity index (χ0v) is 15.7. The number of carbonyl (C=O) groups excluding carboxylic acids is 1. The first-order chi connectivity index (χ1) is 12.1. The molecule has 0 radical (unpaired) electrons. The van der Waals surface area contributed by atoms with Crippen molar-refractivity contribution in [1.29, 1.82) is 0 Å². The molecule has 0 aliphatic rings. The maximum Gasteiger partial charge on any atom is 0.262 e. The van der Waals surface area contributed by atoms with Gasteiger partial charge < -0.3 is 5.32 Å². The molecule has 0 saturated carbocycles. The number of amides is 1. The summed E-state index contributed by atoms with van der Waals surface area (Å²) in [5.41, 5.74) is -0.0997. The van der Waals surface area contributed by atoms with Crippen LogP contribution in [0.1, 0.15) is 6.42 Å². The second-order valence-corrected chi connectivity index (χ2v) is 7.78. The molecule has 1 aromatic carbocycles. The van der Waals surface area contributed by atoms with Crippen LogP contribution in [0, 0.1) is 0 Å². The Balaban J connectivity index is 1.42. The summed E-state index contributed by atoms with van der Waals surface area (Å²) in [7, 11) is 0. The number of thioether (sulfide) groups is 1. The van der Waals surface area contributed by atoms with Gasteiger partial charge in [0, 0.05) is 35.2 Å². The summed E-state index contributed by atoms with van der Waals surface area (Å²) in [6.45, 7) is 0.899. The summed E-state index contributed by atoms with van der Waals surface area (Å²) >= 11 is 8.93. The minimum Gasteiger partial charge on any atom is -0.355 e. The van der Waals surface area contributed by atoms with E-state index >= 15 is 0 Å². The van der Waals surface area contributed by atoms with Crippen molar-refractivity contribution in [2.45, 2.75) is 17.9 Å². The molecule has 130 valence electrons. The molecule has 0 aliphatic carbocycles. The lowest BCUT2D eigenvalue weighted by Gasteiger charge is -2.07. The second kappa shape index (κ2) is 8.51. The van der Waals surface area contributed by atoms with Crippen LogP contribution in [0.25, 0.3) is 10.2 Å². The molecule has 3 rings (SSSR count). The number of aromatic nitrogens is 2. The molecule has 0 spiro atoms. The molecular weight excluding hydrogens is 378 g/mol. The van der Waals surface area contributed by atoms with Crippen LogP contribution in [0.2, 0.25) is 5.02 Å². The quantitative estimate of drug-likeness (QED) is 0.493. The zero-order chi connectivity index (χ0) is 17.6. The first kappa shape index (κ1) is 18.0. The molecular formula is C17H16ClN3O2S2. The number of halogens is 1. The summed E-state index contributed by atoms with van der Waals surface area (Å²) < 4.78 is 1.48. The van der Waals surface area contributed by atoms with Crippen LogP contribution in [0.3, 0.4) is 0 Å². The van der Waals surface area contributed by atoms with E-state index in [1.165, 1.54) is 22.2 Å². The van der Waals surface area contributed by atoms with E-state index in [4.69, 9.17) is 11.6 Å². The fourth-order valence-corrected chi connectivity index (χ4v) is 3.87. The SMILES string of the molecule is O=C(CCn1cnc2sccc2c1=O)NCCSc1ccc(Cl)cc1. The van der Waals surface area contributed by atoms with Gasteiger partial charge in [0.2, 0.25) is 5.91 Å². The van der Waals surface area contributed by atoms with Gasteiger partial charge in [0.05, 0.1) is 11.7 Å². The Labute approximate surface area is 158 Å². The molecule has 1 amide bonds. The summed E-state index contributed by atoms with van der Waals surface area (Å²) in [5.74, 6) is 0.699. The van der Waals surface area contributed by atoms with Crippen LogP contribution in [-0.4, -0.2) is 27.8 Å². The fourth-order valence-electron chi connectivity index (χ4n) is 2.25. The molecule has 0 fully saturated rings. The van der Waals surface area contributed by atoms with Gasteiger partial charge in [-0.2, -0.15) is 0 Å². The summed E-state index contributed by atoms with van der Waals surface area (Å²) in [4.78, 5) is 30.2. The van der Waals surface area contributed by atoms with E-state index in [0.29, 0.717) is 23.5 Å². The Hall–Kier alpha value is -1.83. The van der Waals surface area contributed by atoms with Crippen molar-refractivity contribution in [3.8, 4) is 0 Å². The van der Waals surface area contributed by atoms with Gasteiger partial charge in [0.25, 0.3) is 5.56 Å². The minimum atomic E-state index is -0.0997. The molecule has 0 aliphatic heterocycles. The average molecular weight is 394 g/mol. The van der Waals surface area contributed by atoms with E-state index in [1.54, 1.807) is 17.8 Å². The largest absolute Gasteiger partial charge is 0.355 e. The van der Waals surface area contributed by atoms with E-state index in [1.807, 2.05) is 29.6 Å². The van der Waals surface area contributed by atoms with Crippen molar-refractivity contribution in [3.05, 3.63) is 57.4 Å². The smallest absolute Gasteiger partial charge is 0.262 e. The highest BCUT2D eigenvalue weighted by molar-refractivity contribution is 7.99. The molecule has 25 heavy (non-hydrogen) atoms. The van der Waals surface area contributed by atoms with Crippen molar-refractivity contribution in [2.24, 2.45) is 0 Å². The van der Waals surface area contributed by atoms with Gasteiger partial charge in [0.1, 0.15) is 4.83 Å². The highest BCUT2D eigenvalue weighted by Crippen LogP contribution is 2.19. The maximum atomic E-state index is 12.2. The molecule has 2 aromatic heterocycles. The number of nitrogens with zero attached hydrogens (tertiary/aromatic N) is 2. The molecule has 0 unspecified atom stereocenters. The van der Waals surface area contributed by atoms with E-state index < -0.39 is 0 Å². The highest BCUT2D eigenvalue weighted by atomic mass is 35.5. The molecule has 8 heteroatoms. The molecule has 0 atom stereocenters. The average Bonchev–Trinajstić information content (AvgIpc) is 3.09. The number of fused-ring (bicyclic) bond motifs is 1. The van der Waals surface area contributed by atoms with Crippen LogP contribution in [0.4, 0.5) is 0 Å². The number of carbonyl (C=O) groups is 1. The van der Waals surface area contributed by atoms with Gasteiger partial charge in [-0.15, -0.1) is 23.1 Å².